The smallest absolute Gasteiger partial charge is 0.0438 e. The molecular formula is C17H36. The van der Waals surface area contributed by atoms with Gasteiger partial charge in [-0.15, -0.1) is 0 Å². The molecule has 0 aromatic rings. The molecule has 3 unspecified atom stereocenters. The second kappa shape index (κ2) is 9.00. The minimum Gasteiger partial charge on any atom is -0.0651 e. The lowest BCUT2D eigenvalue weighted by Crippen LogP contribution is -2.11. The Balaban J connectivity index is 3.80. The van der Waals surface area contributed by atoms with E-state index in [0.29, 0.717) is 0 Å². The van der Waals surface area contributed by atoms with Gasteiger partial charge in [0.2, 0.25) is 0 Å². The molecular weight excluding hydrogens is 204 g/mol. The standard InChI is InChI=1S/C17H36/c1-8-14(4)10-16(6)12-17(7)11-15(5)9-13(2)3/h13-17H,8-12H2,1-7H3/t14?,15?,16?,17-/m1/s1. The van der Waals surface area contributed by atoms with E-state index in [2.05, 4.69) is 48.5 Å². The molecule has 0 aliphatic carbocycles. The first kappa shape index (κ1) is 17.0. The molecule has 0 heterocycles. The van der Waals surface area contributed by atoms with E-state index in [-0.39, 0.29) is 0 Å². The lowest BCUT2D eigenvalue weighted by atomic mass is 9.83. The summed E-state index contributed by atoms with van der Waals surface area (Å²) in [6.07, 6.45) is 6.99. The minimum atomic E-state index is 0.856. The molecule has 104 valence electrons. The van der Waals surface area contributed by atoms with Crippen molar-refractivity contribution >= 4 is 0 Å². The van der Waals surface area contributed by atoms with Crippen LogP contribution in [0.5, 0.6) is 0 Å². The van der Waals surface area contributed by atoms with Crippen LogP contribution in [-0.2, 0) is 0 Å². The van der Waals surface area contributed by atoms with E-state index < -0.39 is 0 Å². The fourth-order valence-corrected chi connectivity index (χ4v) is 3.32. The van der Waals surface area contributed by atoms with E-state index in [0.717, 1.165) is 29.6 Å². The predicted octanol–water partition coefficient (Wildman–Crippen LogP) is 6.16. The molecule has 0 N–H and O–H groups in total. The first-order valence-electron chi connectivity index (χ1n) is 7.85. The van der Waals surface area contributed by atoms with Crippen molar-refractivity contribution in [3.8, 4) is 0 Å². The van der Waals surface area contributed by atoms with Crippen molar-refractivity contribution in [2.24, 2.45) is 29.6 Å². The Hall–Kier alpha value is 0. The Morgan fingerprint density at radius 1 is 0.529 bits per heavy atom. The summed E-state index contributed by atoms with van der Waals surface area (Å²) in [5.41, 5.74) is 0. The predicted molar refractivity (Wildman–Crippen MR) is 80.3 cm³/mol. The number of hydrogen-bond acceptors (Lipinski definition) is 0. The summed E-state index contributed by atoms with van der Waals surface area (Å²) in [4.78, 5) is 0. The van der Waals surface area contributed by atoms with Crippen LogP contribution in [0.4, 0.5) is 0 Å². The monoisotopic (exact) mass is 240 g/mol. The van der Waals surface area contributed by atoms with Crippen LogP contribution in [0.3, 0.4) is 0 Å². The summed E-state index contributed by atoms with van der Waals surface area (Å²) in [5, 5.41) is 0. The van der Waals surface area contributed by atoms with Gasteiger partial charge in [-0.25, -0.2) is 0 Å². The zero-order valence-electron chi connectivity index (χ0n) is 13.4. The SMILES string of the molecule is CCC(C)CC(C)C[C@H](C)CC(C)CC(C)C. The van der Waals surface area contributed by atoms with E-state index in [4.69, 9.17) is 0 Å². The Labute approximate surface area is 111 Å². The van der Waals surface area contributed by atoms with Gasteiger partial charge in [-0.3, -0.25) is 0 Å². The molecule has 0 fully saturated rings. The molecule has 0 bridgehead atoms. The molecule has 0 nitrogen and oxygen atoms in total. The normalized spacial score (nSPS) is 19.1. The van der Waals surface area contributed by atoms with Crippen molar-refractivity contribution in [3.05, 3.63) is 0 Å². The minimum absolute atomic E-state index is 0.856. The first-order valence-corrected chi connectivity index (χ1v) is 7.85. The van der Waals surface area contributed by atoms with Crippen LogP contribution in [0, 0.1) is 29.6 Å². The second-order valence-corrected chi connectivity index (χ2v) is 7.17. The Bertz CT molecular complexity index is 171. The van der Waals surface area contributed by atoms with Gasteiger partial charge in [-0.1, -0.05) is 54.9 Å². The van der Waals surface area contributed by atoms with Crippen LogP contribution < -0.4 is 0 Å². The van der Waals surface area contributed by atoms with Crippen molar-refractivity contribution in [2.75, 3.05) is 0 Å². The fourth-order valence-electron chi connectivity index (χ4n) is 3.32. The van der Waals surface area contributed by atoms with Gasteiger partial charge in [0.15, 0.2) is 0 Å². The van der Waals surface area contributed by atoms with Gasteiger partial charge in [-0.2, -0.15) is 0 Å². The van der Waals surface area contributed by atoms with Crippen molar-refractivity contribution in [1.29, 1.82) is 0 Å². The van der Waals surface area contributed by atoms with Crippen LogP contribution in [-0.4, -0.2) is 0 Å². The van der Waals surface area contributed by atoms with Crippen LogP contribution in [0.1, 0.15) is 80.6 Å². The highest BCUT2D eigenvalue weighted by atomic mass is 14.2. The Morgan fingerprint density at radius 2 is 0.882 bits per heavy atom. The third kappa shape index (κ3) is 9.68. The van der Waals surface area contributed by atoms with Gasteiger partial charge in [0, 0.05) is 0 Å². The van der Waals surface area contributed by atoms with Gasteiger partial charge in [0.25, 0.3) is 0 Å². The third-order valence-corrected chi connectivity index (χ3v) is 3.98. The molecule has 0 aliphatic rings. The topological polar surface area (TPSA) is 0 Å². The molecule has 0 amide bonds. The first-order chi connectivity index (χ1) is 7.85. The number of hydrogen-bond donors (Lipinski definition) is 0. The summed E-state index contributed by atoms with van der Waals surface area (Å²) in [5.74, 6) is 4.48. The molecule has 0 heteroatoms. The van der Waals surface area contributed by atoms with E-state index in [1.807, 2.05) is 0 Å². The zero-order valence-corrected chi connectivity index (χ0v) is 13.4. The molecule has 4 atom stereocenters. The van der Waals surface area contributed by atoms with Crippen LogP contribution in [0.25, 0.3) is 0 Å². The molecule has 0 aromatic heterocycles. The van der Waals surface area contributed by atoms with Crippen molar-refractivity contribution < 1.29 is 0 Å². The van der Waals surface area contributed by atoms with E-state index >= 15 is 0 Å². The average Bonchev–Trinajstić information content (AvgIpc) is 2.14. The number of rotatable bonds is 9. The molecule has 0 saturated carbocycles. The van der Waals surface area contributed by atoms with Crippen molar-refractivity contribution in [2.45, 2.75) is 80.6 Å². The molecule has 17 heavy (non-hydrogen) atoms. The highest BCUT2D eigenvalue weighted by Crippen LogP contribution is 2.27. The van der Waals surface area contributed by atoms with Crippen LogP contribution in [0.15, 0.2) is 0 Å². The molecule has 0 saturated heterocycles. The van der Waals surface area contributed by atoms with Gasteiger partial charge in [0.05, 0.1) is 0 Å². The van der Waals surface area contributed by atoms with Gasteiger partial charge >= 0.3 is 0 Å². The van der Waals surface area contributed by atoms with Crippen molar-refractivity contribution in [1.82, 2.24) is 0 Å². The van der Waals surface area contributed by atoms with E-state index in [9.17, 15) is 0 Å². The van der Waals surface area contributed by atoms with E-state index in [1.54, 1.807) is 0 Å². The maximum absolute atomic E-state index is 2.45. The maximum atomic E-state index is 2.45. The van der Waals surface area contributed by atoms with Crippen LogP contribution in [0.2, 0.25) is 0 Å². The Morgan fingerprint density at radius 3 is 1.24 bits per heavy atom. The maximum Gasteiger partial charge on any atom is -0.0438 e. The van der Waals surface area contributed by atoms with E-state index in [1.165, 1.54) is 32.1 Å². The molecule has 0 aromatic carbocycles. The lowest BCUT2D eigenvalue weighted by molar-refractivity contribution is 0.288. The lowest BCUT2D eigenvalue weighted by Gasteiger charge is -2.23. The van der Waals surface area contributed by atoms with Gasteiger partial charge in [-0.05, 0) is 55.3 Å². The summed E-state index contributed by atoms with van der Waals surface area (Å²) >= 11 is 0. The summed E-state index contributed by atoms with van der Waals surface area (Å²) in [6, 6.07) is 0. The Kier molecular flexibility index (Phi) is 9.00. The summed E-state index contributed by atoms with van der Waals surface area (Å²) in [7, 11) is 0. The fraction of sp³-hybridized carbons (Fsp3) is 1.00. The zero-order chi connectivity index (χ0) is 13.4. The largest absolute Gasteiger partial charge is 0.0651 e. The third-order valence-electron chi connectivity index (χ3n) is 3.98. The van der Waals surface area contributed by atoms with Crippen molar-refractivity contribution in [3.63, 3.8) is 0 Å². The van der Waals surface area contributed by atoms with Gasteiger partial charge < -0.3 is 0 Å². The van der Waals surface area contributed by atoms with Gasteiger partial charge in [0.1, 0.15) is 0 Å². The second-order valence-electron chi connectivity index (χ2n) is 7.17. The quantitative estimate of drug-likeness (QED) is 0.453. The van der Waals surface area contributed by atoms with Crippen LogP contribution >= 0.6 is 0 Å². The average molecular weight is 240 g/mol. The highest BCUT2D eigenvalue weighted by Gasteiger charge is 2.14. The highest BCUT2D eigenvalue weighted by molar-refractivity contribution is 4.66. The molecule has 0 spiro atoms. The summed E-state index contributed by atoms with van der Waals surface area (Å²) in [6.45, 7) is 16.7. The summed E-state index contributed by atoms with van der Waals surface area (Å²) < 4.78 is 0. The molecule has 0 radical (unpaired) electrons. The molecule has 0 rings (SSSR count). The molecule has 0 aliphatic heterocycles.